The van der Waals surface area contributed by atoms with Gasteiger partial charge in [-0.3, -0.25) is 9.59 Å². The Morgan fingerprint density at radius 3 is 2.69 bits per heavy atom. The molecule has 2 aromatic rings. The third-order valence-electron chi connectivity index (χ3n) is 6.23. The highest BCUT2D eigenvalue weighted by molar-refractivity contribution is 5.95. The normalized spacial score (nSPS) is 23.8. The molecular weight excluding hydrogens is 364 g/mol. The highest BCUT2D eigenvalue weighted by atomic mass is 16.2. The van der Waals surface area contributed by atoms with E-state index in [1.54, 1.807) is 12.3 Å². The summed E-state index contributed by atoms with van der Waals surface area (Å²) in [7, 11) is 0. The Kier molecular flexibility index (Phi) is 4.70. The molecule has 1 aromatic heterocycles. The van der Waals surface area contributed by atoms with Crippen molar-refractivity contribution in [3.8, 4) is 0 Å². The van der Waals surface area contributed by atoms with Gasteiger partial charge in [-0.25, -0.2) is 4.98 Å². The fourth-order valence-electron chi connectivity index (χ4n) is 4.44. The van der Waals surface area contributed by atoms with Crippen LogP contribution in [0.2, 0.25) is 0 Å². The van der Waals surface area contributed by atoms with E-state index in [-0.39, 0.29) is 23.8 Å². The molecule has 1 aliphatic carbocycles. The Morgan fingerprint density at radius 2 is 1.90 bits per heavy atom. The van der Waals surface area contributed by atoms with Gasteiger partial charge in [0.05, 0.1) is 5.92 Å². The number of amides is 2. The first-order chi connectivity index (χ1) is 14.2. The summed E-state index contributed by atoms with van der Waals surface area (Å²) in [5.74, 6) is 0.994. The smallest absolute Gasteiger partial charge is 0.251 e. The first-order valence-corrected chi connectivity index (χ1v) is 10.5. The maximum atomic E-state index is 13.1. The lowest BCUT2D eigenvalue weighted by atomic mass is 9.93. The summed E-state index contributed by atoms with van der Waals surface area (Å²) in [6.45, 7) is 2.09. The van der Waals surface area contributed by atoms with Gasteiger partial charge >= 0.3 is 0 Å². The van der Waals surface area contributed by atoms with Crippen LogP contribution in [0.3, 0.4) is 0 Å². The predicted molar refractivity (Wildman–Crippen MR) is 110 cm³/mol. The molecule has 0 radical (unpaired) electrons. The molecule has 1 saturated carbocycles. The van der Waals surface area contributed by atoms with Gasteiger partial charge in [-0.05, 0) is 43.4 Å². The van der Waals surface area contributed by atoms with E-state index in [2.05, 4.69) is 27.3 Å². The molecule has 6 heteroatoms. The number of benzene rings is 1. The molecule has 1 aromatic carbocycles. The van der Waals surface area contributed by atoms with E-state index in [9.17, 15) is 9.59 Å². The summed E-state index contributed by atoms with van der Waals surface area (Å²) in [6.07, 6.45) is 5.78. The maximum absolute atomic E-state index is 13.1. The minimum absolute atomic E-state index is 0.0109. The van der Waals surface area contributed by atoms with Crippen LogP contribution in [-0.4, -0.2) is 46.9 Å². The molecule has 1 N–H and O–H groups in total. The molecule has 6 rings (SSSR count). The summed E-state index contributed by atoms with van der Waals surface area (Å²) in [5.41, 5.74) is 1.81. The topological polar surface area (TPSA) is 65.5 Å². The number of piperidine rings is 1. The highest BCUT2D eigenvalue weighted by Crippen LogP contribution is 2.32. The Labute approximate surface area is 170 Å². The van der Waals surface area contributed by atoms with E-state index in [0.29, 0.717) is 24.7 Å². The third kappa shape index (κ3) is 3.84. The van der Waals surface area contributed by atoms with Crippen LogP contribution in [0.1, 0.15) is 41.6 Å². The SMILES string of the molecule is O=C(NC1CC1)c1ccnc(N2C[C@@H]3CC[C@H](C2)N(Cc2ccccc2)C3=O)c1. The van der Waals surface area contributed by atoms with Gasteiger partial charge in [0.2, 0.25) is 5.91 Å². The van der Waals surface area contributed by atoms with Crippen LogP contribution in [0.25, 0.3) is 0 Å². The molecule has 2 amide bonds. The van der Waals surface area contributed by atoms with Crippen LogP contribution >= 0.6 is 0 Å². The zero-order valence-corrected chi connectivity index (χ0v) is 16.5. The fourth-order valence-corrected chi connectivity index (χ4v) is 4.44. The first kappa shape index (κ1) is 18.2. The number of rotatable bonds is 5. The molecule has 2 bridgehead atoms. The number of carbonyl (C=O) groups is 2. The number of pyridine rings is 1. The van der Waals surface area contributed by atoms with Crippen molar-refractivity contribution in [1.29, 1.82) is 0 Å². The molecule has 6 nitrogen and oxygen atoms in total. The van der Waals surface area contributed by atoms with Crippen molar-refractivity contribution in [3.63, 3.8) is 0 Å². The fraction of sp³-hybridized carbons (Fsp3) is 0.435. The molecular formula is C23H26N4O2. The largest absolute Gasteiger partial charge is 0.354 e. The Hall–Kier alpha value is -2.89. The minimum atomic E-state index is -0.0317. The van der Waals surface area contributed by atoms with Crippen molar-refractivity contribution < 1.29 is 9.59 Å². The van der Waals surface area contributed by atoms with Gasteiger partial charge in [0.25, 0.3) is 5.91 Å². The van der Waals surface area contributed by atoms with Gasteiger partial charge in [0.15, 0.2) is 0 Å². The number of hydrogen-bond donors (Lipinski definition) is 1. The van der Waals surface area contributed by atoms with E-state index in [4.69, 9.17) is 0 Å². The van der Waals surface area contributed by atoms with Gasteiger partial charge in [-0.2, -0.15) is 0 Å². The van der Waals surface area contributed by atoms with Gasteiger partial charge in [-0.15, -0.1) is 0 Å². The van der Waals surface area contributed by atoms with E-state index in [1.807, 2.05) is 29.2 Å². The predicted octanol–water partition coefficient (Wildman–Crippen LogP) is 2.60. The van der Waals surface area contributed by atoms with Gasteiger partial charge in [-0.1, -0.05) is 30.3 Å². The van der Waals surface area contributed by atoms with Gasteiger partial charge < -0.3 is 15.1 Å². The molecule has 29 heavy (non-hydrogen) atoms. The zero-order chi connectivity index (χ0) is 19.8. The number of nitrogens with one attached hydrogen (secondary N) is 1. The maximum Gasteiger partial charge on any atom is 0.251 e. The monoisotopic (exact) mass is 390 g/mol. The second kappa shape index (κ2) is 7.50. The second-order valence-corrected chi connectivity index (χ2v) is 8.44. The average molecular weight is 390 g/mol. The number of carbonyl (C=O) groups excluding carboxylic acids is 2. The minimum Gasteiger partial charge on any atom is -0.354 e. The lowest BCUT2D eigenvalue weighted by molar-refractivity contribution is -0.140. The molecule has 2 atom stereocenters. The van der Waals surface area contributed by atoms with Crippen molar-refractivity contribution in [2.45, 2.75) is 44.3 Å². The third-order valence-corrected chi connectivity index (χ3v) is 6.23. The molecule has 4 fully saturated rings. The second-order valence-electron chi connectivity index (χ2n) is 8.44. The molecule has 4 aliphatic rings. The highest BCUT2D eigenvalue weighted by Gasteiger charge is 2.41. The van der Waals surface area contributed by atoms with Crippen LogP contribution in [0.15, 0.2) is 48.7 Å². The quantitative estimate of drug-likeness (QED) is 0.852. The Bertz CT molecular complexity index is 912. The first-order valence-electron chi connectivity index (χ1n) is 10.5. The van der Waals surface area contributed by atoms with E-state index in [1.165, 1.54) is 0 Å². The van der Waals surface area contributed by atoms with Gasteiger partial charge in [0, 0.05) is 43.5 Å². The van der Waals surface area contributed by atoms with Crippen molar-refractivity contribution in [2.75, 3.05) is 18.0 Å². The molecule has 0 unspecified atom stereocenters. The van der Waals surface area contributed by atoms with Crippen molar-refractivity contribution >= 4 is 17.6 Å². The van der Waals surface area contributed by atoms with E-state index < -0.39 is 0 Å². The lowest BCUT2D eigenvalue weighted by Crippen LogP contribution is -2.47. The standard InChI is InChI=1S/C23H26N4O2/c28-22(25-19-7-8-19)17-10-11-24-21(12-17)26-14-18-6-9-20(15-26)27(23(18)29)13-16-4-2-1-3-5-16/h1-5,10-12,18-20H,6-9,13-15H2,(H,25,28)/t18-,20+/m0/s1. The average Bonchev–Trinajstić information content (AvgIpc) is 3.59. The molecule has 150 valence electrons. The summed E-state index contributed by atoms with van der Waals surface area (Å²) in [5, 5.41) is 3.04. The van der Waals surface area contributed by atoms with Crippen molar-refractivity contribution in [1.82, 2.24) is 15.2 Å². The van der Waals surface area contributed by atoms with Crippen LogP contribution in [0, 0.1) is 5.92 Å². The number of aromatic nitrogens is 1. The summed E-state index contributed by atoms with van der Waals surface area (Å²) in [4.78, 5) is 34.3. The molecule has 4 heterocycles. The summed E-state index contributed by atoms with van der Waals surface area (Å²) < 4.78 is 0. The van der Waals surface area contributed by atoms with E-state index in [0.717, 1.165) is 43.6 Å². The van der Waals surface area contributed by atoms with Crippen LogP contribution in [0.4, 0.5) is 5.82 Å². The Morgan fingerprint density at radius 1 is 1.07 bits per heavy atom. The summed E-state index contributed by atoms with van der Waals surface area (Å²) in [6, 6.07) is 14.3. The number of fused-ring (bicyclic) bond motifs is 4. The molecule has 3 saturated heterocycles. The number of hydrogen-bond acceptors (Lipinski definition) is 4. The van der Waals surface area contributed by atoms with E-state index >= 15 is 0 Å². The zero-order valence-electron chi connectivity index (χ0n) is 16.5. The summed E-state index contributed by atoms with van der Waals surface area (Å²) >= 11 is 0. The van der Waals surface area contributed by atoms with Crippen LogP contribution in [-0.2, 0) is 11.3 Å². The van der Waals surface area contributed by atoms with Gasteiger partial charge in [0.1, 0.15) is 5.82 Å². The number of nitrogens with zero attached hydrogens (tertiary/aromatic N) is 3. The van der Waals surface area contributed by atoms with Crippen molar-refractivity contribution in [3.05, 3.63) is 59.8 Å². The van der Waals surface area contributed by atoms with Crippen LogP contribution < -0.4 is 10.2 Å². The molecule has 0 spiro atoms. The lowest BCUT2D eigenvalue weighted by Gasteiger charge is -2.36. The molecule has 3 aliphatic heterocycles. The Balaban J connectivity index is 1.35. The van der Waals surface area contributed by atoms with Crippen molar-refractivity contribution in [2.24, 2.45) is 5.92 Å². The van der Waals surface area contributed by atoms with Crippen LogP contribution in [0.5, 0.6) is 0 Å². The number of anilines is 1.